The van der Waals surface area contributed by atoms with E-state index in [9.17, 15) is 0 Å². The van der Waals surface area contributed by atoms with Gasteiger partial charge in [0.05, 0.1) is 6.26 Å². The molecule has 0 spiro atoms. The van der Waals surface area contributed by atoms with Crippen LogP contribution in [0.1, 0.15) is 25.3 Å². The minimum absolute atomic E-state index is 0.633. The summed E-state index contributed by atoms with van der Waals surface area (Å²) in [6, 6.07) is 8.84. The van der Waals surface area contributed by atoms with Gasteiger partial charge in [-0.3, -0.25) is 0 Å². The summed E-state index contributed by atoms with van der Waals surface area (Å²) in [6.45, 7) is 3.19. The van der Waals surface area contributed by atoms with Crippen LogP contribution in [0.15, 0.2) is 34.9 Å². The Bertz CT molecular complexity index is 484. The molecular formula is C14H17NO. The van der Waals surface area contributed by atoms with E-state index in [4.69, 9.17) is 4.42 Å². The lowest BCUT2D eigenvalue weighted by atomic mass is 10.1. The molecule has 0 radical (unpaired) electrons. The van der Waals surface area contributed by atoms with Crippen LogP contribution in [0, 0.1) is 5.92 Å². The van der Waals surface area contributed by atoms with Crippen LogP contribution in [0.25, 0.3) is 11.0 Å². The third kappa shape index (κ3) is 1.85. The van der Waals surface area contributed by atoms with Crippen LogP contribution in [0.2, 0.25) is 0 Å². The molecule has 2 nitrogen and oxygen atoms in total. The maximum absolute atomic E-state index is 5.52. The normalized spacial score (nSPS) is 17.8. The second-order valence-electron chi connectivity index (χ2n) is 4.76. The summed E-state index contributed by atoms with van der Waals surface area (Å²) < 4.78 is 5.52. The van der Waals surface area contributed by atoms with Crippen LogP contribution < -0.4 is 5.32 Å². The van der Waals surface area contributed by atoms with Crippen molar-refractivity contribution in [3.8, 4) is 0 Å². The summed E-state index contributed by atoms with van der Waals surface area (Å²) in [5.74, 6) is 0.901. The van der Waals surface area contributed by atoms with Gasteiger partial charge in [0.1, 0.15) is 5.58 Å². The summed E-state index contributed by atoms with van der Waals surface area (Å²) >= 11 is 0. The molecule has 1 saturated carbocycles. The van der Waals surface area contributed by atoms with E-state index < -0.39 is 0 Å². The van der Waals surface area contributed by atoms with Gasteiger partial charge in [0.25, 0.3) is 0 Å². The highest BCUT2D eigenvalue weighted by molar-refractivity contribution is 5.80. The van der Waals surface area contributed by atoms with Crippen molar-refractivity contribution in [2.24, 2.45) is 5.92 Å². The van der Waals surface area contributed by atoms with Crippen molar-refractivity contribution in [3.63, 3.8) is 0 Å². The average molecular weight is 215 g/mol. The number of benzene rings is 1. The number of para-hydroxylation sites is 1. The molecule has 16 heavy (non-hydrogen) atoms. The lowest BCUT2D eigenvalue weighted by molar-refractivity contribution is 0.494. The Labute approximate surface area is 95.6 Å². The molecule has 3 rings (SSSR count). The Morgan fingerprint density at radius 3 is 3.00 bits per heavy atom. The standard InChI is InChI=1S/C14H17NO/c1-10(11-6-7-11)15-8-12-9-16-14-5-3-2-4-13(12)14/h2-5,9-11,15H,6-8H2,1H3. The highest BCUT2D eigenvalue weighted by Gasteiger charge is 2.27. The van der Waals surface area contributed by atoms with Crippen LogP contribution in [0.4, 0.5) is 0 Å². The number of hydrogen-bond acceptors (Lipinski definition) is 2. The Morgan fingerprint density at radius 1 is 1.38 bits per heavy atom. The van der Waals surface area contributed by atoms with Crippen molar-refractivity contribution in [1.29, 1.82) is 0 Å². The first-order valence-electron chi connectivity index (χ1n) is 6.03. The minimum atomic E-state index is 0.633. The van der Waals surface area contributed by atoms with Crippen molar-refractivity contribution < 1.29 is 4.42 Å². The number of nitrogens with one attached hydrogen (secondary N) is 1. The van der Waals surface area contributed by atoms with E-state index in [0.29, 0.717) is 6.04 Å². The summed E-state index contributed by atoms with van der Waals surface area (Å²) in [5.41, 5.74) is 2.25. The first kappa shape index (κ1) is 9.91. The van der Waals surface area contributed by atoms with Gasteiger partial charge in [0, 0.05) is 23.5 Å². The van der Waals surface area contributed by atoms with Gasteiger partial charge in [-0.2, -0.15) is 0 Å². The molecule has 0 aliphatic heterocycles. The number of furan rings is 1. The molecule has 1 heterocycles. The van der Waals surface area contributed by atoms with Gasteiger partial charge in [-0.25, -0.2) is 0 Å². The summed E-state index contributed by atoms with van der Waals surface area (Å²) in [5, 5.41) is 4.81. The van der Waals surface area contributed by atoms with Crippen LogP contribution >= 0.6 is 0 Å². The van der Waals surface area contributed by atoms with Gasteiger partial charge in [-0.15, -0.1) is 0 Å². The zero-order valence-corrected chi connectivity index (χ0v) is 9.57. The van der Waals surface area contributed by atoms with Crippen LogP contribution in [0.5, 0.6) is 0 Å². The maximum Gasteiger partial charge on any atom is 0.134 e. The molecule has 1 aliphatic rings. The fourth-order valence-electron chi connectivity index (χ4n) is 2.20. The first-order chi connectivity index (χ1) is 7.84. The summed E-state index contributed by atoms with van der Waals surface area (Å²) in [4.78, 5) is 0. The van der Waals surface area contributed by atoms with Crippen molar-refractivity contribution in [2.45, 2.75) is 32.4 Å². The zero-order chi connectivity index (χ0) is 11.0. The van der Waals surface area contributed by atoms with Gasteiger partial charge in [-0.05, 0) is 31.7 Å². The van der Waals surface area contributed by atoms with Crippen LogP contribution in [0.3, 0.4) is 0 Å². The van der Waals surface area contributed by atoms with Gasteiger partial charge in [0.2, 0.25) is 0 Å². The molecule has 1 unspecified atom stereocenters. The smallest absolute Gasteiger partial charge is 0.134 e. The third-order valence-corrected chi connectivity index (χ3v) is 3.50. The van der Waals surface area contributed by atoms with Crippen molar-refractivity contribution in [3.05, 3.63) is 36.1 Å². The van der Waals surface area contributed by atoms with Crippen molar-refractivity contribution >= 4 is 11.0 Å². The second-order valence-corrected chi connectivity index (χ2v) is 4.76. The lowest BCUT2D eigenvalue weighted by Gasteiger charge is -2.11. The third-order valence-electron chi connectivity index (χ3n) is 3.50. The molecule has 1 aromatic carbocycles. The minimum Gasteiger partial charge on any atom is -0.464 e. The highest BCUT2D eigenvalue weighted by atomic mass is 16.3. The fourth-order valence-corrected chi connectivity index (χ4v) is 2.20. The van der Waals surface area contributed by atoms with E-state index in [1.165, 1.54) is 23.8 Å². The lowest BCUT2D eigenvalue weighted by Crippen LogP contribution is -2.27. The molecule has 0 amide bonds. The summed E-state index contributed by atoms with van der Waals surface area (Å²) in [7, 11) is 0. The van der Waals surface area contributed by atoms with Gasteiger partial charge < -0.3 is 9.73 Å². The molecule has 2 aromatic rings. The van der Waals surface area contributed by atoms with Gasteiger partial charge in [0.15, 0.2) is 0 Å². The van der Waals surface area contributed by atoms with Crippen molar-refractivity contribution in [1.82, 2.24) is 5.32 Å². The Balaban J connectivity index is 1.73. The molecule has 1 aromatic heterocycles. The van der Waals surface area contributed by atoms with E-state index in [1.807, 2.05) is 18.4 Å². The largest absolute Gasteiger partial charge is 0.464 e. The quantitative estimate of drug-likeness (QED) is 0.846. The predicted octanol–water partition coefficient (Wildman–Crippen LogP) is 3.32. The number of fused-ring (bicyclic) bond motifs is 1. The molecule has 1 fully saturated rings. The van der Waals surface area contributed by atoms with E-state index in [-0.39, 0.29) is 0 Å². The second kappa shape index (κ2) is 3.95. The van der Waals surface area contributed by atoms with E-state index in [1.54, 1.807) is 0 Å². The first-order valence-corrected chi connectivity index (χ1v) is 6.03. The molecular weight excluding hydrogens is 198 g/mol. The Morgan fingerprint density at radius 2 is 2.19 bits per heavy atom. The Hall–Kier alpha value is -1.28. The highest BCUT2D eigenvalue weighted by Crippen LogP contribution is 2.32. The zero-order valence-electron chi connectivity index (χ0n) is 9.57. The molecule has 1 atom stereocenters. The fraction of sp³-hybridized carbons (Fsp3) is 0.429. The molecule has 0 bridgehead atoms. The Kier molecular flexibility index (Phi) is 2.44. The molecule has 1 N–H and O–H groups in total. The van der Waals surface area contributed by atoms with E-state index >= 15 is 0 Å². The van der Waals surface area contributed by atoms with Gasteiger partial charge >= 0.3 is 0 Å². The molecule has 1 aliphatic carbocycles. The topological polar surface area (TPSA) is 25.2 Å². The predicted molar refractivity (Wildman–Crippen MR) is 65.2 cm³/mol. The monoisotopic (exact) mass is 215 g/mol. The van der Waals surface area contributed by atoms with Crippen LogP contribution in [-0.2, 0) is 6.54 Å². The SMILES string of the molecule is CC(NCc1coc2ccccc12)C1CC1. The number of hydrogen-bond donors (Lipinski definition) is 1. The molecule has 84 valence electrons. The molecule has 2 heteroatoms. The average Bonchev–Trinajstić information content (AvgIpc) is 3.08. The number of rotatable bonds is 4. The van der Waals surface area contributed by atoms with Gasteiger partial charge in [-0.1, -0.05) is 18.2 Å². The maximum atomic E-state index is 5.52. The van der Waals surface area contributed by atoms with E-state index in [0.717, 1.165) is 18.0 Å². The van der Waals surface area contributed by atoms with Crippen LogP contribution in [-0.4, -0.2) is 6.04 Å². The molecule has 0 saturated heterocycles. The van der Waals surface area contributed by atoms with E-state index in [2.05, 4.69) is 24.4 Å². The van der Waals surface area contributed by atoms with Crippen molar-refractivity contribution in [2.75, 3.05) is 0 Å². The summed E-state index contributed by atoms with van der Waals surface area (Å²) in [6.07, 6.45) is 4.65.